The predicted molar refractivity (Wildman–Crippen MR) is 58.1 cm³/mol. The second-order valence-corrected chi connectivity index (χ2v) is 3.50. The summed E-state index contributed by atoms with van der Waals surface area (Å²) in [6.45, 7) is 1.91. The molecule has 0 radical (unpaired) electrons. The predicted octanol–water partition coefficient (Wildman–Crippen LogP) is 1.48. The van der Waals surface area contributed by atoms with E-state index < -0.39 is 0 Å². The van der Waals surface area contributed by atoms with Gasteiger partial charge in [-0.15, -0.1) is 0 Å². The van der Waals surface area contributed by atoms with Gasteiger partial charge in [-0.05, 0) is 19.1 Å². The summed E-state index contributed by atoms with van der Waals surface area (Å²) < 4.78 is 1.94. The van der Waals surface area contributed by atoms with Gasteiger partial charge < -0.3 is 4.98 Å². The SMILES string of the molecule is Cc1ncc2[nH]c(=O)c3ccccc3n12. The molecule has 4 nitrogen and oxygen atoms in total. The minimum atomic E-state index is -0.0713. The zero-order valence-electron chi connectivity index (χ0n) is 8.19. The number of aromatic amines is 1. The highest BCUT2D eigenvalue weighted by Gasteiger charge is 2.06. The number of imidazole rings is 1. The molecule has 0 unspecified atom stereocenters. The number of benzene rings is 1. The third kappa shape index (κ3) is 1.01. The summed E-state index contributed by atoms with van der Waals surface area (Å²) in [5.74, 6) is 0.873. The fourth-order valence-electron chi connectivity index (χ4n) is 1.88. The number of nitrogens with zero attached hydrogens (tertiary/aromatic N) is 2. The second-order valence-electron chi connectivity index (χ2n) is 3.50. The molecule has 0 atom stereocenters. The van der Waals surface area contributed by atoms with Gasteiger partial charge in [0.25, 0.3) is 5.56 Å². The number of hydrogen-bond acceptors (Lipinski definition) is 2. The Morgan fingerprint density at radius 2 is 2.13 bits per heavy atom. The largest absolute Gasteiger partial charge is 0.306 e. The first-order valence-corrected chi connectivity index (χ1v) is 4.72. The summed E-state index contributed by atoms with van der Waals surface area (Å²) in [6, 6.07) is 7.51. The third-order valence-electron chi connectivity index (χ3n) is 2.57. The van der Waals surface area contributed by atoms with Crippen molar-refractivity contribution >= 4 is 16.6 Å². The Morgan fingerprint density at radius 1 is 1.33 bits per heavy atom. The topological polar surface area (TPSA) is 50.2 Å². The lowest BCUT2D eigenvalue weighted by Crippen LogP contribution is -2.09. The maximum absolute atomic E-state index is 11.7. The number of aromatic nitrogens is 3. The van der Waals surface area contributed by atoms with Gasteiger partial charge in [-0.2, -0.15) is 0 Å². The highest BCUT2D eigenvalue weighted by atomic mass is 16.1. The monoisotopic (exact) mass is 199 g/mol. The maximum Gasteiger partial charge on any atom is 0.258 e. The minimum absolute atomic E-state index is 0.0713. The molecular weight excluding hydrogens is 190 g/mol. The van der Waals surface area contributed by atoms with Crippen molar-refractivity contribution in [1.29, 1.82) is 0 Å². The van der Waals surface area contributed by atoms with E-state index >= 15 is 0 Å². The summed E-state index contributed by atoms with van der Waals surface area (Å²) in [4.78, 5) is 18.7. The molecule has 0 saturated heterocycles. The molecule has 0 bridgehead atoms. The molecule has 4 heteroatoms. The van der Waals surface area contributed by atoms with Crippen LogP contribution in [0, 0.1) is 6.92 Å². The number of hydrogen-bond donors (Lipinski definition) is 1. The van der Waals surface area contributed by atoms with Crippen molar-refractivity contribution in [3.05, 3.63) is 46.6 Å². The summed E-state index contributed by atoms with van der Waals surface area (Å²) in [7, 11) is 0. The molecule has 3 rings (SSSR count). The van der Waals surface area contributed by atoms with E-state index in [0.29, 0.717) is 5.39 Å². The van der Waals surface area contributed by atoms with Crippen molar-refractivity contribution in [3.8, 4) is 0 Å². The van der Waals surface area contributed by atoms with Crippen molar-refractivity contribution in [3.63, 3.8) is 0 Å². The Hall–Kier alpha value is -2.10. The number of aryl methyl sites for hydroxylation is 1. The van der Waals surface area contributed by atoms with Crippen molar-refractivity contribution in [2.75, 3.05) is 0 Å². The number of H-pyrrole nitrogens is 1. The Balaban J connectivity index is 2.74. The van der Waals surface area contributed by atoms with Gasteiger partial charge in [-0.1, -0.05) is 12.1 Å². The molecule has 1 N–H and O–H groups in total. The van der Waals surface area contributed by atoms with Gasteiger partial charge in [0.1, 0.15) is 11.5 Å². The lowest BCUT2D eigenvalue weighted by atomic mass is 10.2. The van der Waals surface area contributed by atoms with Gasteiger partial charge in [-0.3, -0.25) is 9.20 Å². The zero-order chi connectivity index (χ0) is 10.4. The van der Waals surface area contributed by atoms with Crippen LogP contribution in [-0.2, 0) is 0 Å². The lowest BCUT2D eigenvalue weighted by Gasteiger charge is -2.02. The van der Waals surface area contributed by atoms with Crippen LogP contribution in [0.2, 0.25) is 0 Å². The molecule has 0 fully saturated rings. The van der Waals surface area contributed by atoms with Gasteiger partial charge in [0, 0.05) is 0 Å². The molecule has 15 heavy (non-hydrogen) atoms. The van der Waals surface area contributed by atoms with Gasteiger partial charge in [0.2, 0.25) is 0 Å². The van der Waals surface area contributed by atoms with Crippen LogP contribution in [0.3, 0.4) is 0 Å². The first kappa shape index (κ1) is 8.23. The molecule has 3 aromatic rings. The van der Waals surface area contributed by atoms with E-state index in [1.807, 2.05) is 35.6 Å². The molecule has 1 aromatic carbocycles. The number of fused-ring (bicyclic) bond motifs is 3. The maximum atomic E-state index is 11.7. The van der Waals surface area contributed by atoms with Crippen LogP contribution in [0.4, 0.5) is 0 Å². The van der Waals surface area contributed by atoms with Crippen LogP contribution in [-0.4, -0.2) is 14.4 Å². The van der Waals surface area contributed by atoms with Crippen molar-refractivity contribution in [1.82, 2.24) is 14.4 Å². The molecule has 0 aliphatic heterocycles. The quantitative estimate of drug-likeness (QED) is 0.596. The van der Waals surface area contributed by atoms with Gasteiger partial charge in [0.15, 0.2) is 0 Å². The van der Waals surface area contributed by atoms with Crippen LogP contribution in [0.5, 0.6) is 0 Å². The third-order valence-corrected chi connectivity index (χ3v) is 2.57. The average molecular weight is 199 g/mol. The Labute approximate surface area is 85.2 Å². The van der Waals surface area contributed by atoms with E-state index in [4.69, 9.17) is 0 Å². The molecule has 0 spiro atoms. The summed E-state index contributed by atoms with van der Waals surface area (Å²) in [5, 5.41) is 0.686. The van der Waals surface area contributed by atoms with E-state index in [9.17, 15) is 4.79 Å². The van der Waals surface area contributed by atoms with E-state index in [0.717, 1.165) is 17.0 Å². The highest BCUT2D eigenvalue weighted by molar-refractivity contribution is 5.80. The standard InChI is InChI=1S/C11H9N3O/c1-7-12-6-10-13-11(15)8-4-2-3-5-9(8)14(7)10/h2-6H,1H3,(H,13,15). The molecule has 2 heterocycles. The molecule has 0 saturated carbocycles. The summed E-state index contributed by atoms with van der Waals surface area (Å²) in [5.41, 5.74) is 1.56. The Bertz CT molecular complexity index is 708. The van der Waals surface area contributed by atoms with Crippen LogP contribution >= 0.6 is 0 Å². The van der Waals surface area contributed by atoms with Crippen molar-refractivity contribution < 1.29 is 0 Å². The smallest absolute Gasteiger partial charge is 0.258 e. The van der Waals surface area contributed by atoms with E-state index in [1.54, 1.807) is 6.20 Å². The number of nitrogens with one attached hydrogen (secondary N) is 1. The summed E-state index contributed by atoms with van der Waals surface area (Å²) in [6.07, 6.45) is 1.67. The zero-order valence-corrected chi connectivity index (χ0v) is 8.19. The molecule has 74 valence electrons. The van der Waals surface area contributed by atoms with Gasteiger partial charge >= 0.3 is 0 Å². The molecular formula is C11H9N3O. The highest BCUT2D eigenvalue weighted by Crippen LogP contribution is 2.12. The number of rotatable bonds is 0. The Morgan fingerprint density at radius 3 is 3.00 bits per heavy atom. The first-order valence-electron chi connectivity index (χ1n) is 4.72. The fourth-order valence-corrected chi connectivity index (χ4v) is 1.88. The van der Waals surface area contributed by atoms with Crippen LogP contribution < -0.4 is 5.56 Å². The van der Waals surface area contributed by atoms with E-state index in [2.05, 4.69) is 9.97 Å². The fraction of sp³-hybridized carbons (Fsp3) is 0.0909. The van der Waals surface area contributed by atoms with E-state index in [-0.39, 0.29) is 5.56 Å². The summed E-state index contributed by atoms with van der Waals surface area (Å²) >= 11 is 0. The lowest BCUT2D eigenvalue weighted by molar-refractivity contribution is 1.06. The van der Waals surface area contributed by atoms with Crippen molar-refractivity contribution in [2.45, 2.75) is 6.92 Å². The normalized spacial score (nSPS) is 11.3. The number of para-hydroxylation sites is 1. The van der Waals surface area contributed by atoms with Crippen LogP contribution in [0.25, 0.3) is 16.6 Å². The van der Waals surface area contributed by atoms with Crippen molar-refractivity contribution in [2.24, 2.45) is 0 Å². The minimum Gasteiger partial charge on any atom is -0.306 e. The molecule has 2 aromatic heterocycles. The van der Waals surface area contributed by atoms with Crippen LogP contribution in [0.15, 0.2) is 35.3 Å². The molecule has 0 amide bonds. The van der Waals surface area contributed by atoms with Gasteiger partial charge in [-0.25, -0.2) is 4.98 Å². The second kappa shape index (κ2) is 2.70. The Kier molecular flexibility index (Phi) is 1.48. The van der Waals surface area contributed by atoms with Gasteiger partial charge in [0.05, 0.1) is 17.1 Å². The average Bonchev–Trinajstić information content (AvgIpc) is 2.61. The first-order chi connectivity index (χ1) is 7.27. The van der Waals surface area contributed by atoms with E-state index in [1.165, 1.54) is 0 Å². The molecule has 0 aliphatic carbocycles. The van der Waals surface area contributed by atoms with Crippen LogP contribution in [0.1, 0.15) is 5.82 Å². The molecule has 0 aliphatic rings.